The van der Waals surface area contributed by atoms with E-state index in [4.69, 9.17) is 39.5 Å². The lowest BCUT2D eigenvalue weighted by atomic mass is 10.1. The van der Waals surface area contributed by atoms with Crippen LogP contribution in [0.25, 0.3) is 0 Å². The van der Waals surface area contributed by atoms with E-state index < -0.39 is 6.04 Å². The van der Waals surface area contributed by atoms with Crippen molar-refractivity contribution < 1.29 is 14.3 Å². The normalized spacial score (nSPS) is 11.7. The zero-order valence-electron chi connectivity index (χ0n) is 18.4. The van der Waals surface area contributed by atoms with Crippen LogP contribution in [0.1, 0.15) is 45.1 Å². The Balaban J connectivity index is 2.10. The number of hydrogen-bond acceptors (Lipinski definition) is 3. The van der Waals surface area contributed by atoms with Crippen LogP contribution < -0.4 is 10.1 Å². The number of nitrogens with zero attached hydrogens (tertiary/aromatic N) is 1. The molecule has 5 nitrogen and oxygen atoms in total. The highest BCUT2D eigenvalue weighted by Gasteiger charge is 2.29. The summed E-state index contributed by atoms with van der Waals surface area (Å²) in [4.78, 5) is 27.5. The first-order chi connectivity index (χ1) is 15.4. The van der Waals surface area contributed by atoms with Gasteiger partial charge in [-0.15, -0.1) is 0 Å². The van der Waals surface area contributed by atoms with Crippen LogP contribution in [-0.4, -0.2) is 35.9 Å². The lowest BCUT2D eigenvalue weighted by molar-refractivity contribution is -0.141. The molecule has 2 aromatic carbocycles. The first-order valence-corrected chi connectivity index (χ1v) is 11.9. The lowest BCUT2D eigenvalue weighted by Gasteiger charge is -2.31. The van der Waals surface area contributed by atoms with Crippen molar-refractivity contribution in [1.82, 2.24) is 10.2 Å². The smallest absolute Gasteiger partial charge is 0.242 e. The fraction of sp³-hybridized carbons (Fsp3) is 0.417. The summed E-state index contributed by atoms with van der Waals surface area (Å²) in [5, 5.41) is 4.45. The van der Waals surface area contributed by atoms with Crippen LogP contribution >= 0.6 is 34.8 Å². The molecule has 2 aromatic rings. The maximum Gasteiger partial charge on any atom is 0.242 e. The number of hydrogen-bond donors (Lipinski definition) is 1. The van der Waals surface area contributed by atoms with Gasteiger partial charge in [-0.05, 0) is 55.7 Å². The Kier molecular flexibility index (Phi) is 11.1. The fourth-order valence-corrected chi connectivity index (χ4v) is 3.87. The molecule has 0 saturated heterocycles. The van der Waals surface area contributed by atoms with Gasteiger partial charge in [0, 0.05) is 40.1 Å². The van der Waals surface area contributed by atoms with Crippen molar-refractivity contribution in [2.45, 2.75) is 52.1 Å². The summed E-state index contributed by atoms with van der Waals surface area (Å²) in [6, 6.07) is 11.6. The first kappa shape index (κ1) is 26.3. The molecule has 1 N–H and O–H groups in total. The van der Waals surface area contributed by atoms with Crippen molar-refractivity contribution in [3.8, 4) is 5.75 Å². The van der Waals surface area contributed by atoms with Crippen molar-refractivity contribution in [2.75, 3.05) is 13.2 Å². The van der Waals surface area contributed by atoms with Crippen LogP contribution in [0.3, 0.4) is 0 Å². The minimum atomic E-state index is -0.612. The minimum Gasteiger partial charge on any atom is -0.494 e. The number of amides is 2. The number of halogens is 3. The molecule has 0 radical (unpaired) electrons. The molecule has 0 heterocycles. The van der Waals surface area contributed by atoms with Gasteiger partial charge in [0.25, 0.3) is 0 Å². The van der Waals surface area contributed by atoms with Crippen molar-refractivity contribution in [1.29, 1.82) is 0 Å². The standard InChI is InChI=1S/C24H29Cl3N2O3/c1-3-14-28-24(31)22(4-2)29(16-19-20(26)7-5-8-21(19)27)23(30)9-6-15-32-18-12-10-17(25)11-13-18/h5,7-8,10-13,22H,3-4,6,9,14-16H2,1-2H3,(H,28,31). The van der Waals surface area contributed by atoms with Gasteiger partial charge in [-0.3, -0.25) is 9.59 Å². The second kappa shape index (κ2) is 13.6. The maximum atomic E-state index is 13.2. The van der Waals surface area contributed by atoms with Crippen LogP contribution in [0, 0.1) is 0 Å². The largest absolute Gasteiger partial charge is 0.494 e. The molecule has 0 aliphatic rings. The average Bonchev–Trinajstić information content (AvgIpc) is 2.78. The number of carbonyl (C=O) groups excluding carboxylic acids is 2. The summed E-state index contributed by atoms with van der Waals surface area (Å²) in [6.45, 7) is 4.95. The summed E-state index contributed by atoms with van der Waals surface area (Å²) < 4.78 is 5.68. The number of nitrogens with one attached hydrogen (secondary N) is 1. The summed E-state index contributed by atoms with van der Waals surface area (Å²) >= 11 is 18.6. The quantitative estimate of drug-likeness (QED) is 0.357. The Labute approximate surface area is 205 Å². The average molecular weight is 500 g/mol. The Morgan fingerprint density at radius 3 is 2.28 bits per heavy atom. The van der Waals surface area contributed by atoms with E-state index in [-0.39, 0.29) is 24.8 Å². The molecular weight excluding hydrogens is 471 g/mol. The third-order valence-corrected chi connectivity index (χ3v) is 5.90. The third-order valence-electron chi connectivity index (χ3n) is 4.94. The summed E-state index contributed by atoms with van der Waals surface area (Å²) in [6.07, 6.45) is 2.02. The monoisotopic (exact) mass is 498 g/mol. The predicted octanol–water partition coefficient (Wildman–Crippen LogP) is 6.14. The molecular formula is C24H29Cl3N2O3. The van der Waals surface area contributed by atoms with E-state index >= 15 is 0 Å². The predicted molar refractivity (Wildman–Crippen MR) is 131 cm³/mol. The van der Waals surface area contributed by atoms with E-state index in [0.717, 1.165) is 6.42 Å². The van der Waals surface area contributed by atoms with Gasteiger partial charge in [0.05, 0.1) is 6.61 Å². The highest BCUT2D eigenvalue weighted by molar-refractivity contribution is 6.36. The zero-order valence-corrected chi connectivity index (χ0v) is 20.6. The molecule has 0 spiro atoms. The lowest BCUT2D eigenvalue weighted by Crippen LogP contribution is -2.49. The molecule has 2 amide bonds. The van der Waals surface area contributed by atoms with Gasteiger partial charge in [-0.25, -0.2) is 0 Å². The maximum absolute atomic E-state index is 13.2. The first-order valence-electron chi connectivity index (χ1n) is 10.8. The third kappa shape index (κ3) is 7.88. The number of benzene rings is 2. The summed E-state index contributed by atoms with van der Waals surface area (Å²) in [7, 11) is 0. The van der Waals surface area contributed by atoms with Crippen LogP contribution in [0.4, 0.5) is 0 Å². The van der Waals surface area contributed by atoms with Crippen LogP contribution in [0.5, 0.6) is 5.75 Å². The topological polar surface area (TPSA) is 58.6 Å². The van der Waals surface area contributed by atoms with E-state index in [1.54, 1.807) is 47.4 Å². The Morgan fingerprint density at radius 2 is 1.69 bits per heavy atom. The van der Waals surface area contributed by atoms with E-state index in [1.165, 1.54) is 0 Å². The molecule has 0 saturated carbocycles. The van der Waals surface area contributed by atoms with Crippen molar-refractivity contribution in [3.63, 3.8) is 0 Å². The van der Waals surface area contributed by atoms with E-state index in [2.05, 4.69) is 5.32 Å². The van der Waals surface area contributed by atoms with Crippen molar-refractivity contribution in [2.24, 2.45) is 0 Å². The number of rotatable bonds is 12. The molecule has 0 aliphatic heterocycles. The van der Waals surface area contributed by atoms with Gasteiger partial charge in [0.1, 0.15) is 11.8 Å². The van der Waals surface area contributed by atoms with Gasteiger partial charge in [0.2, 0.25) is 11.8 Å². The van der Waals surface area contributed by atoms with E-state index in [1.807, 2.05) is 13.8 Å². The molecule has 174 valence electrons. The second-order valence-electron chi connectivity index (χ2n) is 7.34. The van der Waals surface area contributed by atoms with E-state index in [0.29, 0.717) is 52.4 Å². The molecule has 0 bridgehead atoms. The Bertz CT molecular complexity index is 870. The number of carbonyl (C=O) groups is 2. The molecule has 0 aliphatic carbocycles. The van der Waals surface area contributed by atoms with Gasteiger partial charge < -0.3 is 15.0 Å². The molecule has 0 fully saturated rings. The highest BCUT2D eigenvalue weighted by atomic mass is 35.5. The summed E-state index contributed by atoms with van der Waals surface area (Å²) in [5.74, 6) is 0.356. The zero-order chi connectivity index (χ0) is 23.5. The Morgan fingerprint density at radius 1 is 1.03 bits per heavy atom. The van der Waals surface area contributed by atoms with Crippen LogP contribution in [0.2, 0.25) is 15.1 Å². The number of ether oxygens (including phenoxy) is 1. The van der Waals surface area contributed by atoms with Gasteiger partial charge in [-0.2, -0.15) is 0 Å². The Hall–Kier alpha value is -1.95. The molecule has 1 atom stereocenters. The molecule has 0 aromatic heterocycles. The second-order valence-corrected chi connectivity index (χ2v) is 8.59. The molecule has 2 rings (SSSR count). The minimum absolute atomic E-state index is 0.154. The molecule has 32 heavy (non-hydrogen) atoms. The molecule has 8 heteroatoms. The van der Waals surface area contributed by atoms with Crippen LogP contribution in [-0.2, 0) is 16.1 Å². The van der Waals surface area contributed by atoms with Gasteiger partial charge in [0.15, 0.2) is 0 Å². The fourth-order valence-electron chi connectivity index (χ4n) is 3.23. The van der Waals surface area contributed by atoms with E-state index in [9.17, 15) is 9.59 Å². The molecule has 1 unspecified atom stereocenters. The summed E-state index contributed by atoms with van der Waals surface area (Å²) in [5.41, 5.74) is 0.628. The van der Waals surface area contributed by atoms with Gasteiger partial charge in [-0.1, -0.05) is 54.7 Å². The van der Waals surface area contributed by atoms with Crippen molar-refractivity contribution in [3.05, 3.63) is 63.1 Å². The van der Waals surface area contributed by atoms with Crippen LogP contribution in [0.15, 0.2) is 42.5 Å². The highest BCUT2D eigenvalue weighted by Crippen LogP contribution is 2.27. The van der Waals surface area contributed by atoms with Crippen molar-refractivity contribution >= 4 is 46.6 Å². The van der Waals surface area contributed by atoms with Gasteiger partial charge >= 0.3 is 0 Å². The SMILES string of the molecule is CCCNC(=O)C(CC)N(Cc1c(Cl)cccc1Cl)C(=O)CCCOc1ccc(Cl)cc1.